The number of hydrogen-bond donors (Lipinski definition) is 3. The first kappa shape index (κ1) is 30.2. The van der Waals surface area contributed by atoms with Gasteiger partial charge in [-0.05, 0) is 53.0 Å². The normalized spacial score (nSPS) is 22.1. The smallest absolute Gasteiger partial charge is 0.408 e. The third kappa shape index (κ3) is 7.40. The zero-order valence-corrected chi connectivity index (χ0v) is 24.1. The van der Waals surface area contributed by atoms with Crippen molar-refractivity contribution in [2.24, 2.45) is 16.7 Å². The van der Waals surface area contributed by atoms with E-state index < -0.39 is 23.8 Å². The molecule has 2 aliphatic rings. The Balaban J connectivity index is 1.71. The number of carbonyl (C=O) groups excluding carboxylic acids is 2. The quantitative estimate of drug-likeness (QED) is 0.177. The molecule has 1 aromatic rings. The maximum Gasteiger partial charge on any atom is 0.408 e. The third-order valence-electron chi connectivity index (χ3n) is 7.53. The van der Waals surface area contributed by atoms with Gasteiger partial charge < -0.3 is 26.5 Å². The van der Waals surface area contributed by atoms with Crippen LogP contribution in [0.3, 0.4) is 0 Å². The van der Waals surface area contributed by atoms with E-state index in [0.29, 0.717) is 31.4 Å². The SMILES string of the molecule is CCCN(C(=O)C(CN1C[C@@H]2CC1CN2[C@@H](C)c1ccc(/C(N)=N/N)cc1)NC(=O)OC(C)(C)C)C(C)C#N. The molecule has 0 spiro atoms. The van der Waals surface area contributed by atoms with Gasteiger partial charge in [0.15, 0.2) is 0 Å². The van der Waals surface area contributed by atoms with E-state index in [-0.39, 0.29) is 18.0 Å². The van der Waals surface area contributed by atoms with Gasteiger partial charge in [-0.25, -0.2) is 4.79 Å². The molecular formula is C28H44N8O3. The molecule has 2 amide bonds. The Kier molecular flexibility index (Phi) is 9.80. The zero-order valence-electron chi connectivity index (χ0n) is 24.1. The van der Waals surface area contributed by atoms with Crippen molar-refractivity contribution in [3.8, 4) is 6.07 Å². The van der Waals surface area contributed by atoms with Crippen molar-refractivity contribution in [3.05, 3.63) is 35.4 Å². The molecule has 5 N–H and O–H groups in total. The molecule has 0 saturated carbocycles. The first-order chi connectivity index (χ1) is 18.4. The monoisotopic (exact) mass is 540 g/mol. The minimum atomic E-state index is -0.811. The highest BCUT2D eigenvalue weighted by Gasteiger charge is 2.46. The molecule has 2 aliphatic heterocycles. The van der Waals surface area contributed by atoms with Gasteiger partial charge in [-0.1, -0.05) is 31.2 Å². The number of carbonyl (C=O) groups is 2. The molecule has 2 bridgehead atoms. The molecule has 214 valence electrons. The van der Waals surface area contributed by atoms with Crippen molar-refractivity contribution in [1.82, 2.24) is 20.0 Å². The molecular weight excluding hydrogens is 496 g/mol. The number of nitrogens with zero attached hydrogens (tertiary/aromatic N) is 5. The first-order valence-electron chi connectivity index (χ1n) is 13.7. The number of amides is 2. The van der Waals surface area contributed by atoms with Crippen molar-refractivity contribution < 1.29 is 14.3 Å². The van der Waals surface area contributed by atoms with Crippen molar-refractivity contribution in [2.45, 2.75) is 90.2 Å². The van der Waals surface area contributed by atoms with E-state index in [2.05, 4.69) is 45.3 Å². The van der Waals surface area contributed by atoms with Gasteiger partial charge in [-0.3, -0.25) is 14.6 Å². The summed E-state index contributed by atoms with van der Waals surface area (Å²) in [5.41, 5.74) is 7.10. The van der Waals surface area contributed by atoms with E-state index in [1.54, 1.807) is 32.6 Å². The fourth-order valence-electron chi connectivity index (χ4n) is 5.55. The summed E-state index contributed by atoms with van der Waals surface area (Å²) in [6.45, 7) is 13.7. The maximum absolute atomic E-state index is 13.6. The van der Waals surface area contributed by atoms with E-state index >= 15 is 0 Å². The van der Waals surface area contributed by atoms with Gasteiger partial charge in [0.05, 0.1) is 6.07 Å². The number of hydrazone groups is 1. The Morgan fingerprint density at radius 3 is 2.41 bits per heavy atom. The molecule has 2 heterocycles. The summed E-state index contributed by atoms with van der Waals surface area (Å²) >= 11 is 0. The molecule has 3 unspecified atom stereocenters. The number of piperazine rings is 1. The number of ether oxygens (including phenoxy) is 1. The summed E-state index contributed by atoms with van der Waals surface area (Å²) < 4.78 is 5.46. The Bertz CT molecular complexity index is 1080. The van der Waals surface area contributed by atoms with E-state index in [4.69, 9.17) is 16.3 Å². The van der Waals surface area contributed by atoms with E-state index in [1.807, 2.05) is 19.1 Å². The van der Waals surface area contributed by atoms with Crippen LogP contribution in [0.5, 0.6) is 0 Å². The molecule has 3 rings (SSSR count). The standard InChI is InChI=1S/C28H44N8O3/c1-7-12-35(18(2)14-29)26(37)24(32-27(38)39-28(4,5)6)17-34-15-23-13-22(34)16-36(23)19(3)20-8-10-21(11-9-20)25(30)33-31/h8-11,18-19,22-24H,7,12-13,15-17,31H2,1-6H3,(H2,30,33)(H,32,38)/t18?,19-,22?,23-,24?/m0/s1. The molecule has 39 heavy (non-hydrogen) atoms. The second-order valence-corrected chi connectivity index (χ2v) is 11.5. The van der Waals surface area contributed by atoms with E-state index in [9.17, 15) is 14.9 Å². The van der Waals surface area contributed by atoms with Crippen LogP contribution in [0, 0.1) is 11.3 Å². The van der Waals surface area contributed by atoms with Crippen LogP contribution in [0.1, 0.15) is 71.6 Å². The van der Waals surface area contributed by atoms with Gasteiger partial charge in [0, 0.05) is 49.9 Å². The van der Waals surface area contributed by atoms with Crippen LogP contribution < -0.4 is 16.9 Å². The number of rotatable bonds is 10. The van der Waals surface area contributed by atoms with Crippen LogP contribution in [-0.2, 0) is 9.53 Å². The second-order valence-electron chi connectivity index (χ2n) is 11.5. The molecule has 1 aromatic carbocycles. The second kappa shape index (κ2) is 12.7. The van der Waals surface area contributed by atoms with Gasteiger partial charge in [0.1, 0.15) is 23.5 Å². The van der Waals surface area contributed by atoms with Gasteiger partial charge in [-0.15, -0.1) is 0 Å². The summed E-state index contributed by atoms with van der Waals surface area (Å²) in [4.78, 5) is 32.7. The average molecular weight is 541 g/mol. The Morgan fingerprint density at radius 2 is 1.90 bits per heavy atom. The minimum Gasteiger partial charge on any atom is -0.444 e. The number of hydrogen-bond acceptors (Lipinski definition) is 8. The average Bonchev–Trinajstić information content (AvgIpc) is 3.49. The van der Waals surface area contributed by atoms with E-state index in [0.717, 1.165) is 25.1 Å². The summed E-state index contributed by atoms with van der Waals surface area (Å²) in [5, 5.41) is 15.9. The lowest BCUT2D eigenvalue weighted by atomic mass is 10.0. The fourth-order valence-corrected chi connectivity index (χ4v) is 5.55. The molecule has 11 heteroatoms. The van der Waals surface area contributed by atoms with Gasteiger partial charge in [-0.2, -0.15) is 10.4 Å². The molecule has 0 radical (unpaired) electrons. The predicted molar refractivity (Wildman–Crippen MR) is 150 cm³/mol. The first-order valence-corrected chi connectivity index (χ1v) is 13.7. The lowest BCUT2D eigenvalue weighted by Gasteiger charge is -2.39. The topological polar surface area (TPSA) is 153 Å². The molecule has 0 aromatic heterocycles. The van der Waals surface area contributed by atoms with Crippen LogP contribution in [0.2, 0.25) is 0 Å². The molecule has 0 aliphatic carbocycles. The summed E-state index contributed by atoms with van der Waals surface area (Å²) in [5.74, 6) is 5.34. The molecule has 11 nitrogen and oxygen atoms in total. The number of likely N-dealkylation sites (tertiary alicyclic amines) is 2. The van der Waals surface area contributed by atoms with Crippen LogP contribution in [0.15, 0.2) is 29.4 Å². The number of nitrogens with one attached hydrogen (secondary N) is 1. The Labute approximate surface area is 232 Å². The number of fused-ring (bicyclic) bond motifs is 2. The fraction of sp³-hybridized carbons (Fsp3) is 0.643. The number of nitriles is 1. The highest BCUT2D eigenvalue weighted by Crippen LogP contribution is 2.37. The molecule has 2 saturated heterocycles. The summed E-state index contributed by atoms with van der Waals surface area (Å²) in [6.07, 6.45) is 1.07. The highest BCUT2D eigenvalue weighted by atomic mass is 16.6. The van der Waals surface area contributed by atoms with Crippen LogP contribution >= 0.6 is 0 Å². The van der Waals surface area contributed by atoms with Crippen molar-refractivity contribution in [3.63, 3.8) is 0 Å². The lowest BCUT2D eigenvalue weighted by molar-refractivity contribution is -0.135. The zero-order chi connectivity index (χ0) is 28.9. The summed E-state index contributed by atoms with van der Waals surface area (Å²) in [6, 6.07) is 9.55. The molecule has 2 fully saturated rings. The maximum atomic E-state index is 13.6. The predicted octanol–water partition coefficient (Wildman–Crippen LogP) is 2.13. The van der Waals surface area contributed by atoms with Gasteiger partial charge in [0.25, 0.3) is 0 Å². The number of nitrogens with two attached hydrogens (primary N) is 2. The Hall–Kier alpha value is -3.36. The third-order valence-corrected chi connectivity index (χ3v) is 7.53. The number of amidine groups is 1. The van der Waals surface area contributed by atoms with E-state index in [1.165, 1.54) is 5.56 Å². The van der Waals surface area contributed by atoms with Crippen LogP contribution in [0.25, 0.3) is 0 Å². The largest absolute Gasteiger partial charge is 0.444 e. The van der Waals surface area contributed by atoms with Crippen LogP contribution in [-0.4, -0.2) is 88.5 Å². The molecule has 5 atom stereocenters. The number of benzene rings is 1. The van der Waals surface area contributed by atoms with Crippen molar-refractivity contribution in [2.75, 3.05) is 26.2 Å². The Morgan fingerprint density at radius 1 is 1.23 bits per heavy atom. The van der Waals surface area contributed by atoms with Crippen LogP contribution in [0.4, 0.5) is 4.79 Å². The van der Waals surface area contributed by atoms with Gasteiger partial charge >= 0.3 is 6.09 Å². The van der Waals surface area contributed by atoms with Gasteiger partial charge in [0.2, 0.25) is 5.91 Å². The number of alkyl carbamates (subject to hydrolysis) is 1. The summed E-state index contributed by atoms with van der Waals surface area (Å²) in [7, 11) is 0. The van der Waals surface area contributed by atoms with Crippen molar-refractivity contribution in [1.29, 1.82) is 5.26 Å². The van der Waals surface area contributed by atoms with Crippen molar-refractivity contribution >= 4 is 17.8 Å². The lowest BCUT2D eigenvalue weighted by Crippen LogP contribution is -2.58. The minimum absolute atomic E-state index is 0.209. The highest BCUT2D eigenvalue weighted by molar-refractivity contribution is 5.97.